The van der Waals surface area contributed by atoms with Crippen molar-refractivity contribution in [1.29, 1.82) is 0 Å². The zero-order valence-electron chi connectivity index (χ0n) is 19.7. The quantitative estimate of drug-likeness (QED) is 0.396. The molecule has 1 saturated heterocycles. The Morgan fingerprint density at radius 2 is 1.77 bits per heavy atom. The summed E-state index contributed by atoms with van der Waals surface area (Å²) in [4.78, 5) is 28.3. The molecule has 0 bridgehead atoms. The van der Waals surface area contributed by atoms with E-state index in [-0.39, 0.29) is 11.8 Å². The summed E-state index contributed by atoms with van der Waals surface area (Å²) in [7, 11) is 0. The normalized spacial score (nSPS) is 13.9. The van der Waals surface area contributed by atoms with Gasteiger partial charge in [0.05, 0.1) is 10.7 Å². The van der Waals surface area contributed by atoms with Gasteiger partial charge in [0, 0.05) is 54.9 Å². The van der Waals surface area contributed by atoms with E-state index in [1.807, 2.05) is 55.1 Å². The molecule has 0 spiro atoms. The number of aryl methyl sites for hydroxylation is 1. The predicted molar refractivity (Wildman–Crippen MR) is 142 cm³/mol. The van der Waals surface area contributed by atoms with Crippen molar-refractivity contribution < 1.29 is 14.0 Å². The van der Waals surface area contributed by atoms with Crippen LogP contribution in [0.2, 0.25) is 10.0 Å². The molecule has 8 heteroatoms. The molecule has 1 fully saturated rings. The molecule has 6 nitrogen and oxygen atoms in total. The summed E-state index contributed by atoms with van der Waals surface area (Å²) in [5, 5.41) is 4.05. The van der Waals surface area contributed by atoms with E-state index >= 15 is 0 Å². The molecule has 0 unspecified atom stereocenters. The highest BCUT2D eigenvalue weighted by atomic mass is 35.5. The maximum absolute atomic E-state index is 12.4. The number of furan rings is 1. The van der Waals surface area contributed by atoms with Crippen molar-refractivity contribution in [3.05, 3.63) is 76.0 Å². The molecule has 35 heavy (non-hydrogen) atoms. The maximum atomic E-state index is 12.4. The Morgan fingerprint density at radius 1 is 1.00 bits per heavy atom. The van der Waals surface area contributed by atoms with Crippen LogP contribution >= 0.6 is 23.2 Å². The molecule has 2 amide bonds. The Labute approximate surface area is 215 Å². The Bertz CT molecular complexity index is 1260. The van der Waals surface area contributed by atoms with Crippen molar-refractivity contribution in [3.8, 4) is 11.3 Å². The van der Waals surface area contributed by atoms with Crippen LogP contribution in [0.25, 0.3) is 17.4 Å². The molecule has 4 rings (SSSR count). The average molecular weight is 512 g/mol. The van der Waals surface area contributed by atoms with Crippen molar-refractivity contribution >= 4 is 52.5 Å². The molecule has 3 aromatic rings. The second-order valence-corrected chi connectivity index (χ2v) is 9.19. The van der Waals surface area contributed by atoms with Crippen molar-refractivity contribution in [2.75, 3.05) is 36.4 Å². The van der Waals surface area contributed by atoms with Crippen molar-refractivity contribution in [1.82, 2.24) is 4.90 Å². The maximum Gasteiger partial charge on any atom is 0.248 e. The van der Waals surface area contributed by atoms with Gasteiger partial charge in [-0.3, -0.25) is 9.59 Å². The van der Waals surface area contributed by atoms with E-state index in [0.717, 1.165) is 29.9 Å². The van der Waals surface area contributed by atoms with Gasteiger partial charge >= 0.3 is 0 Å². The zero-order valence-corrected chi connectivity index (χ0v) is 21.2. The molecule has 1 N–H and O–H groups in total. The van der Waals surface area contributed by atoms with E-state index in [2.05, 4.69) is 10.2 Å². The molecule has 1 aromatic heterocycles. The van der Waals surface area contributed by atoms with Gasteiger partial charge in [0.15, 0.2) is 0 Å². The van der Waals surface area contributed by atoms with Crippen molar-refractivity contribution in [3.63, 3.8) is 0 Å². The number of carbonyl (C=O) groups excluding carboxylic acids is 2. The van der Waals surface area contributed by atoms with Gasteiger partial charge in [-0.2, -0.15) is 0 Å². The van der Waals surface area contributed by atoms with Gasteiger partial charge in [-0.05, 0) is 55.0 Å². The lowest BCUT2D eigenvalue weighted by Crippen LogP contribution is -2.48. The van der Waals surface area contributed by atoms with Gasteiger partial charge in [-0.15, -0.1) is 0 Å². The Kier molecular flexibility index (Phi) is 7.83. The van der Waals surface area contributed by atoms with E-state index in [1.165, 1.54) is 6.08 Å². The highest BCUT2D eigenvalue weighted by molar-refractivity contribution is 6.33. The lowest BCUT2D eigenvalue weighted by Gasteiger charge is -2.36. The summed E-state index contributed by atoms with van der Waals surface area (Å²) in [6, 6.07) is 14.8. The van der Waals surface area contributed by atoms with Crippen molar-refractivity contribution in [2.45, 2.75) is 20.3 Å². The molecule has 0 aliphatic carbocycles. The monoisotopic (exact) mass is 511 g/mol. The van der Waals surface area contributed by atoms with E-state index in [1.54, 1.807) is 18.2 Å². The summed E-state index contributed by atoms with van der Waals surface area (Å²) < 4.78 is 5.82. The Hall–Kier alpha value is -3.22. The van der Waals surface area contributed by atoms with Crippen LogP contribution in [0, 0.1) is 6.92 Å². The third-order valence-electron chi connectivity index (χ3n) is 5.97. The SMILES string of the molecule is CCC(=O)N1CCN(c2ccc(NC(=O)C=Cc3ccc(-c4ccc(C)c(Cl)c4)o3)cc2Cl)CC1. The number of hydrogen-bond acceptors (Lipinski definition) is 4. The molecular weight excluding hydrogens is 485 g/mol. The van der Waals surface area contributed by atoms with Gasteiger partial charge in [-0.1, -0.05) is 42.3 Å². The summed E-state index contributed by atoms with van der Waals surface area (Å²) >= 11 is 12.7. The van der Waals surface area contributed by atoms with Crippen LogP contribution in [0.4, 0.5) is 11.4 Å². The number of nitrogens with one attached hydrogen (secondary N) is 1. The number of anilines is 2. The number of benzene rings is 2. The average Bonchev–Trinajstić information content (AvgIpc) is 3.33. The molecule has 0 saturated carbocycles. The van der Waals surface area contributed by atoms with Gasteiger partial charge < -0.3 is 19.5 Å². The number of halogens is 2. The Morgan fingerprint density at radius 3 is 2.46 bits per heavy atom. The van der Waals surface area contributed by atoms with E-state index in [4.69, 9.17) is 27.6 Å². The number of hydrogen-bond donors (Lipinski definition) is 1. The molecule has 1 aliphatic heterocycles. The lowest BCUT2D eigenvalue weighted by molar-refractivity contribution is -0.131. The van der Waals surface area contributed by atoms with Gasteiger partial charge in [-0.25, -0.2) is 0 Å². The molecule has 182 valence electrons. The van der Waals surface area contributed by atoms with Crippen LogP contribution in [-0.2, 0) is 9.59 Å². The first-order valence-corrected chi connectivity index (χ1v) is 12.3. The molecule has 0 radical (unpaired) electrons. The number of rotatable bonds is 6. The molecule has 0 atom stereocenters. The predicted octanol–water partition coefficient (Wildman–Crippen LogP) is 6.27. The summed E-state index contributed by atoms with van der Waals surface area (Å²) in [5.41, 5.74) is 3.36. The van der Waals surface area contributed by atoms with Gasteiger partial charge in [0.25, 0.3) is 0 Å². The van der Waals surface area contributed by atoms with Crippen molar-refractivity contribution in [2.24, 2.45) is 0 Å². The lowest BCUT2D eigenvalue weighted by atomic mass is 10.1. The third kappa shape index (κ3) is 6.08. The minimum absolute atomic E-state index is 0.173. The fourth-order valence-corrected chi connectivity index (χ4v) is 4.43. The fraction of sp³-hybridized carbons (Fsp3) is 0.259. The first-order chi connectivity index (χ1) is 16.8. The largest absolute Gasteiger partial charge is 0.457 e. The molecule has 2 aromatic carbocycles. The van der Waals surface area contributed by atoms with E-state index in [9.17, 15) is 9.59 Å². The first-order valence-electron chi connectivity index (χ1n) is 11.5. The molecule has 2 heterocycles. The topological polar surface area (TPSA) is 65.8 Å². The summed E-state index contributed by atoms with van der Waals surface area (Å²) in [6.45, 7) is 6.62. The molecular formula is C27H27Cl2N3O3. The van der Waals surface area contributed by atoms with E-state index < -0.39 is 0 Å². The van der Waals surface area contributed by atoms with Crippen LogP contribution in [0.5, 0.6) is 0 Å². The van der Waals surface area contributed by atoms with Crippen LogP contribution in [0.3, 0.4) is 0 Å². The highest BCUT2D eigenvalue weighted by Gasteiger charge is 2.21. The van der Waals surface area contributed by atoms with Crippen LogP contribution in [0.15, 0.2) is 59.0 Å². The number of carbonyl (C=O) groups is 2. The summed E-state index contributed by atoms with van der Waals surface area (Å²) in [6.07, 6.45) is 3.55. The number of piperazine rings is 1. The van der Waals surface area contributed by atoms with Gasteiger partial charge in [0.1, 0.15) is 11.5 Å². The smallest absolute Gasteiger partial charge is 0.248 e. The van der Waals surface area contributed by atoms with E-state index in [0.29, 0.717) is 46.8 Å². The highest BCUT2D eigenvalue weighted by Crippen LogP contribution is 2.30. The Balaban J connectivity index is 1.35. The van der Waals surface area contributed by atoms with Crippen LogP contribution in [0.1, 0.15) is 24.7 Å². The second-order valence-electron chi connectivity index (χ2n) is 8.38. The zero-order chi connectivity index (χ0) is 24.9. The number of nitrogens with zero attached hydrogens (tertiary/aromatic N) is 2. The first kappa shape index (κ1) is 24.9. The van der Waals surface area contributed by atoms with Crippen LogP contribution < -0.4 is 10.2 Å². The number of amides is 2. The standard InChI is InChI=1S/C27H27Cl2N3O3/c1-3-27(34)32-14-12-31(13-15-32)24-9-6-20(17-23(24)29)30-26(33)11-8-21-7-10-25(35-21)19-5-4-18(2)22(28)16-19/h4-11,16-17H,3,12-15H2,1-2H3,(H,30,33). The minimum atomic E-state index is -0.295. The summed E-state index contributed by atoms with van der Waals surface area (Å²) in [5.74, 6) is 1.11. The second kappa shape index (κ2) is 11.0. The fourth-order valence-electron chi connectivity index (χ4n) is 3.95. The molecule has 1 aliphatic rings. The van der Waals surface area contributed by atoms with Crippen LogP contribution in [-0.4, -0.2) is 42.9 Å². The third-order valence-corrected chi connectivity index (χ3v) is 6.68. The minimum Gasteiger partial charge on any atom is -0.457 e. The van der Waals surface area contributed by atoms with Gasteiger partial charge in [0.2, 0.25) is 11.8 Å².